The first kappa shape index (κ1) is 16.5. The maximum Gasteiger partial charge on any atom is 0.231 e. The molecule has 0 heterocycles. The highest BCUT2D eigenvalue weighted by Gasteiger charge is 2.10. The van der Waals surface area contributed by atoms with Crippen molar-refractivity contribution in [2.45, 2.75) is 6.42 Å². The molecule has 0 aliphatic heterocycles. The highest BCUT2D eigenvalue weighted by atomic mass is 16.5. The molecule has 21 heavy (non-hydrogen) atoms. The van der Waals surface area contributed by atoms with E-state index in [1.807, 2.05) is 6.07 Å². The van der Waals surface area contributed by atoms with E-state index in [0.29, 0.717) is 30.9 Å². The number of ether oxygens (including phenoxy) is 1. The zero-order chi connectivity index (χ0) is 15.7. The Kier molecular flexibility index (Phi) is 6.71. The lowest BCUT2D eigenvalue weighted by Crippen LogP contribution is -2.40. The number of carbonyl (C=O) groups excluding carboxylic acids is 2. The summed E-state index contributed by atoms with van der Waals surface area (Å²) in [5.41, 5.74) is 10.7. The van der Waals surface area contributed by atoms with E-state index in [2.05, 4.69) is 0 Å². The number of amides is 2. The molecule has 1 aromatic rings. The molecule has 2 amide bonds. The van der Waals surface area contributed by atoms with E-state index in [1.54, 1.807) is 29.2 Å². The largest absolute Gasteiger partial charge is 0.494 e. The van der Waals surface area contributed by atoms with Crippen molar-refractivity contribution in [2.24, 2.45) is 11.5 Å². The average molecular weight is 290 g/mol. The van der Waals surface area contributed by atoms with Crippen molar-refractivity contribution in [3.63, 3.8) is 0 Å². The fourth-order valence-corrected chi connectivity index (χ4v) is 1.79. The number of rotatable bonds is 9. The molecule has 0 bridgehead atoms. The number of carbonyl (C=O) groups is 2. The first-order valence-corrected chi connectivity index (χ1v) is 6.43. The molecular weight excluding hydrogens is 272 g/mol. The minimum absolute atomic E-state index is 0.0210. The Labute approximate surface area is 123 Å². The molecule has 1 rings (SSSR count). The van der Waals surface area contributed by atoms with Crippen LogP contribution < -0.4 is 16.2 Å². The van der Waals surface area contributed by atoms with Crippen LogP contribution in [0.4, 0.5) is 0 Å². The summed E-state index contributed by atoms with van der Waals surface area (Å²) in [4.78, 5) is 23.3. The fourth-order valence-electron chi connectivity index (χ4n) is 1.79. The van der Waals surface area contributed by atoms with Crippen LogP contribution in [-0.2, 0) is 9.59 Å². The first-order valence-electron chi connectivity index (χ1n) is 6.43. The molecule has 0 saturated carbocycles. The summed E-state index contributed by atoms with van der Waals surface area (Å²) in [6.07, 6.45) is 0.595. The lowest BCUT2D eigenvalue weighted by molar-refractivity contribution is -0.121. The van der Waals surface area contributed by atoms with Crippen LogP contribution in [0.2, 0.25) is 0 Å². The number of benzene rings is 1. The number of hydrogen-bond donors (Lipinski definition) is 2. The predicted molar refractivity (Wildman–Crippen MR) is 76.1 cm³/mol. The van der Waals surface area contributed by atoms with Crippen LogP contribution >= 0.6 is 0 Å². The van der Waals surface area contributed by atoms with Crippen molar-refractivity contribution in [2.75, 3.05) is 26.2 Å². The standard InChI is InChI=1S/C14H18N4O3/c15-8-11-3-1-4-12(7-11)21-6-2-5-18(9-13(16)19)10-14(17)20/h1,3-4,7H,2,5-6,9-10H2,(H2,16,19)(H2,17,20). The summed E-state index contributed by atoms with van der Waals surface area (Å²) in [5.74, 6) is -0.428. The maximum absolute atomic E-state index is 10.9. The molecule has 1 aromatic carbocycles. The van der Waals surface area contributed by atoms with Gasteiger partial charge in [0.15, 0.2) is 0 Å². The predicted octanol–water partition coefficient (Wildman–Crippen LogP) is -0.400. The number of hydrogen-bond acceptors (Lipinski definition) is 5. The van der Waals surface area contributed by atoms with Gasteiger partial charge < -0.3 is 16.2 Å². The molecule has 7 heteroatoms. The molecule has 0 fully saturated rings. The SMILES string of the molecule is N#Cc1cccc(OCCCN(CC(N)=O)CC(N)=O)c1. The molecule has 0 atom stereocenters. The Morgan fingerprint density at radius 3 is 2.48 bits per heavy atom. The van der Waals surface area contributed by atoms with Crippen LogP contribution in [-0.4, -0.2) is 43.0 Å². The second kappa shape index (κ2) is 8.55. The Balaban J connectivity index is 2.38. The lowest BCUT2D eigenvalue weighted by atomic mass is 10.2. The molecule has 0 aromatic heterocycles. The van der Waals surface area contributed by atoms with E-state index >= 15 is 0 Å². The summed E-state index contributed by atoms with van der Waals surface area (Å²) in [6, 6.07) is 8.85. The normalized spacial score (nSPS) is 10.1. The number of primary amides is 2. The van der Waals surface area contributed by atoms with Gasteiger partial charge in [0, 0.05) is 6.54 Å². The minimum atomic E-state index is -0.515. The molecule has 112 valence electrons. The summed E-state index contributed by atoms with van der Waals surface area (Å²) in [6.45, 7) is 0.812. The first-order chi connectivity index (χ1) is 10.0. The molecule has 0 radical (unpaired) electrons. The summed E-state index contributed by atoms with van der Waals surface area (Å²) in [5, 5.41) is 8.77. The number of nitrogens with two attached hydrogens (primary N) is 2. The summed E-state index contributed by atoms with van der Waals surface area (Å²) < 4.78 is 5.50. The monoisotopic (exact) mass is 290 g/mol. The van der Waals surface area contributed by atoms with Crippen molar-refractivity contribution in [3.8, 4) is 11.8 Å². The summed E-state index contributed by atoms with van der Waals surface area (Å²) in [7, 11) is 0. The van der Waals surface area contributed by atoms with Crippen molar-refractivity contribution < 1.29 is 14.3 Å². The van der Waals surface area contributed by atoms with Gasteiger partial charge >= 0.3 is 0 Å². The highest BCUT2D eigenvalue weighted by Crippen LogP contribution is 2.12. The van der Waals surface area contributed by atoms with Crippen molar-refractivity contribution in [1.29, 1.82) is 5.26 Å². The van der Waals surface area contributed by atoms with E-state index in [-0.39, 0.29) is 13.1 Å². The van der Waals surface area contributed by atoms with Crippen LogP contribution in [0.3, 0.4) is 0 Å². The van der Waals surface area contributed by atoms with Crippen molar-refractivity contribution in [3.05, 3.63) is 29.8 Å². The van der Waals surface area contributed by atoms with Gasteiger partial charge in [-0.3, -0.25) is 14.5 Å². The van der Waals surface area contributed by atoms with Crippen molar-refractivity contribution in [1.82, 2.24) is 4.90 Å². The molecule has 0 saturated heterocycles. The van der Waals surface area contributed by atoms with E-state index in [0.717, 1.165) is 0 Å². The van der Waals surface area contributed by atoms with E-state index in [9.17, 15) is 9.59 Å². The van der Waals surface area contributed by atoms with Crippen LogP contribution in [0.25, 0.3) is 0 Å². The lowest BCUT2D eigenvalue weighted by Gasteiger charge is -2.18. The van der Waals surface area contributed by atoms with Crippen LogP contribution in [0, 0.1) is 11.3 Å². The van der Waals surface area contributed by atoms with E-state index < -0.39 is 11.8 Å². The molecule has 4 N–H and O–H groups in total. The van der Waals surface area contributed by atoms with Crippen LogP contribution in [0.15, 0.2) is 24.3 Å². The number of nitriles is 1. The third-order valence-electron chi connectivity index (χ3n) is 2.61. The van der Waals surface area contributed by atoms with Gasteiger partial charge in [-0.15, -0.1) is 0 Å². The van der Waals surface area contributed by atoms with Gasteiger partial charge in [0.2, 0.25) is 11.8 Å². The van der Waals surface area contributed by atoms with E-state index in [4.69, 9.17) is 21.5 Å². The third-order valence-corrected chi connectivity index (χ3v) is 2.61. The van der Waals surface area contributed by atoms with Gasteiger partial charge in [-0.2, -0.15) is 5.26 Å². The van der Waals surface area contributed by atoms with Crippen LogP contribution in [0.1, 0.15) is 12.0 Å². The van der Waals surface area contributed by atoms with E-state index in [1.165, 1.54) is 0 Å². The van der Waals surface area contributed by atoms with Crippen LogP contribution in [0.5, 0.6) is 5.75 Å². The van der Waals surface area contributed by atoms with Gasteiger partial charge in [-0.1, -0.05) is 6.07 Å². The molecule has 7 nitrogen and oxygen atoms in total. The molecule has 0 aliphatic rings. The van der Waals surface area contributed by atoms with Gasteiger partial charge in [0.25, 0.3) is 0 Å². The Bertz CT molecular complexity index is 523. The smallest absolute Gasteiger partial charge is 0.231 e. The highest BCUT2D eigenvalue weighted by molar-refractivity contribution is 5.79. The second-order valence-corrected chi connectivity index (χ2v) is 4.48. The number of nitrogens with zero attached hydrogens (tertiary/aromatic N) is 2. The minimum Gasteiger partial charge on any atom is -0.494 e. The van der Waals surface area contributed by atoms with Crippen molar-refractivity contribution >= 4 is 11.8 Å². The topological polar surface area (TPSA) is 122 Å². The third kappa shape index (κ3) is 6.94. The van der Waals surface area contributed by atoms with Gasteiger partial charge in [-0.05, 0) is 24.6 Å². The maximum atomic E-state index is 10.9. The summed E-state index contributed by atoms with van der Waals surface area (Å²) >= 11 is 0. The average Bonchev–Trinajstić information content (AvgIpc) is 2.42. The van der Waals surface area contributed by atoms with Gasteiger partial charge in [-0.25, -0.2) is 0 Å². The molecule has 0 spiro atoms. The Morgan fingerprint density at radius 1 is 1.24 bits per heavy atom. The Morgan fingerprint density at radius 2 is 1.90 bits per heavy atom. The zero-order valence-corrected chi connectivity index (χ0v) is 11.6. The molecular formula is C14H18N4O3. The fraction of sp³-hybridized carbons (Fsp3) is 0.357. The second-order valence-electron chi connectivity index (χ2n) is 4.48. The molecule has 0 aliphatic carbocycles. The zero-order valence-electron chi connectivity index (χ0n) is 11.6. The Hall–Kier alpha value is -2.59. The molecule has 0 unspecified atom stereocenters. The quantitative estimate of drug-likeness (QED) is 0.599. The van der Waals surface area contributed by atoms with Gasteiger partial charge in [0.05, 0.1) is 31.3 Å². The van der Waals surface area contributed by atoms with Gasteiger partial charge in [0.1, 0.15) is 5.75 Å².